The first-order valence-electron chi connectivity index (χ1n) is 5.92. The van der Waals surface area contributed by atoms with Crippen LogP contribution in [0.1, 0.15) is 53.4 Å². The highest BCUT2D eigenvalue weighted by Gasteiger charge is 2.18. The molecule has 0 saturated heterocycles. The van der Waals surface area contributed by atoms with E-state index in [2.05, 4.69) is 0 Å². The van der Waals surface area contributed by atoms with Crippen LogP contribution in [0.2, 0.25) is 0 Å². The van der Waals surface area contributed by atoms with Crippen molar-refractivity contribution >= 4 is 11.9 Å². The number of ether oxygens (including phenoxy) is 2. The summed E-state index contributed by atoms with van der Waals surface area (Å²) in [6.07, 6.45) is 1.46. The Morgan fingerprint density at radius 2 is 1.62 bits per heavy atom. The number of carbonyl (C=O) groups is 2. The van der Waals surface area contributed by atoms with Crippen LogP contribution >= 0.6 is 0 Å². The minimum atomic E-state index is -0.357. The van der Waals surface area contributed by atoms with Crippen molar-refractivity contribution in [3.05, 3.63) is 0 Å². The molecule has 2 unspecified atom stereocenters. The van der Waals surface area contributed by atoms with Gasteiger partial charge >= 0.3 is 11.9 Å². The van der Waals surface area contributed by atoms with Crippen LogP contribution in [0.5, 0.6) is 0 Å². The lowest BCUT2D eigenvalue weighted by Gasteiger charge is -2.16. The van der Waals surface area contributed by atoms with Crippen molar-refractivity contribution in [3.8, 4) is 0 Å². The first-order valence-corrected chi connectivity index (χ1v) is 5.92. The maximum atomic E-state index is 11.4. The Labute approximate surface area is 97.3 Å². The molecule has 4 nitrogen and oxygen atoms in total. The molecule has 0 aromatic carbocycles. The summed E-state index contributed by atoms with van der Waals surface area (Å²) in [7, 11) is 0. The maximum Gasteiger partial charge on any atom is 0.309 e. The fraction of sp³-hybridized carbons (Fsp3) is 0.833. The second-order valence-electron chi connectivity index (χ2n) is 3.79. The zero-order chi connectivity index (χ0) is 12.6. The van der Waals surface area contributed by atoms with Gasteiger partial charge in [0.25, 0.3) is 0 Å². The molecule has 0 fully saturated rings. The summed E-state index contributed by atoms with van der Waals surface area (Å²) in [6, 6.07) is 0. The van der Waals surface area contributed by atoms with Crippen molar-refractivity contribution in [2.75, 3.05) is 0 Å². The topological polar surface area (TPSA) is 52.6 Å². The third kappa shape index (κ3) is 6.43. The van der Waals surface area contributed by atoms with E-state index in [1.807, 2.05) is 20.8 Å². The highest BCUT2D eigenvalue weighted by molar-refractivity contribution is 5.72. The zero-order valence-corrected chi connectivity index (χ0v) is 10.6. The molecule has 0 rings (SSSR count). The second-order valence-corrected chi connectivity index (χ2v) is 3.79. The molecule has 0 aliphatic heterocycles. The number of esters is 2. The minimum Gasteiger partial charge on any atom is -0.463 e. The lowest BCUT2D eigenvalue weighted by atomic mass is 10.2. The van der Waals surface area contributed by atoms with E-state index in [9.17, 15) is 9.59 Å². The molecule has 0 N–H and O–H groups in total. The predicted octanol–water partition coefficient (Wildman–Crippen LogP) is 2.45. The number of rotatable bonds is 7. The van der Waals surface area contributed by atoms with E-state index in [-0.39, 0.29) is 30.6 Å². The van der Waals surface area contributed by atoms with Crippen LogP contribution in [-0.4, -0.2) is 24.1 Å². The summed E-state index contributed by atoms with van der Waals surface area (Å²) >= 11 is 0. The zero-order valence-electron chi connectivity index (χ0n) is 10.6. The predicted molar refractivity (Wildman–Crippen MR) is 60.9 cm³/mol. The number of carbonyl (C=O) groups excluding carboxylic acids is 2. The third-order valence-electron chi connectivity index (χ3n) is 2.34. The molecule has 16 heavy (non-hydrogen) atoms. The average Bonchev–Trinajstić information content (AvgIpc) is 2.27. The highest BCUT2D eigenvalue weighted by atomic mass is 16.6. The van der Waals surface area contributed by atoms with Crippen LogP contribution in [0.3, 0.4) is 0 Å². The Bertz CT molecular complexity index is 225. The van der Waals surface area contributed by atoms with Crippen LogP contribution in [0.25, 0.3) is 0 Å². The Kier molecular flexibility index (Phi) is 7.60. The van der Waals surface area contributed by atoms with E-state index < -0.39 is 0 Å². The van der Waals surface area contributed by atoms with Crippen molar-refractivity contribution in [2.45, 2.75) is 65.6 Å². The molecule has 0 bridgehead atoms. The van der Waals surface area contributed by atoms with Crippen LogP contribution in [0.4, 0.5) is 0 Å². The SMILES string of the molecule is CCC(=O)OC(CC)CC(=O)OC(C)CC. The fourth-order valence-electron chi connectivity index (χ4n) is 1.08. The molecule has 2 atom stereocenters. The van der Waals surface area contributed by atoms with Crippen molar-refractivity contribution in [1.82, 2.24) is 0 Å². The first kappa shape index (κ1) is 14.9. The van der Waals surface area contributed by atoms with Crippen LogP contribution in [-0.2, 0) is 19.1 Å². The van der Waals surface area contributed by atoms with Gasteiger partial charge in [-0.05, 0) is 19.8 Å². The van der Waals surface area contributed by atoms with E-state index in [1.54, 1.807) is 6.92 Å². The molecule has 0 amide bonds. The molecule has 0 spiro atoms. The summed E-state index contributed by atoms with van der Waals surface area (Å²) in [5, 5.41) is 0. The lowest BCUT2D eigenvalue weighted by Crippen LogP contribution is -2.23. The Morgan fingerprint density at radius 3 is 2.06 bits per heavy atom. The van der Waals surface area contributed by atoms with Crippen molar-refractivity contribution in [3.63, 3.8) is 0 Å². The van der Waals surface area contributed by atoms with Gasteiger partial charge in [-0.2, -0.15) is 0 Å². The van der Waals surface area contributed by atoms with E-state index >= 15 is 0 Å². The van der Waals surface area contributed by atoms with Gasteiger partial charge in [0.1, 0.15) is 6.10 Å². The molecule has 0 aromatic rings. The van der Waals surface area contributed by atoms with Crippen molar-refractivity contribution in [1.29, 1.82) is 0 Å². The quantitative estimate of drug-likeness (QED) is 0.630. The third-order valence-corrected chi connectivity index (χ3v) is 2.34. The minimum absolute atomic E-state index is 0.0770. The smallest absolute Gasteiger partial charge is 0.309 e. The van der Waals surface area contributed by atoms with Gasteiger partial charge in [-0.15, -0.1) is 0 Å². The van der Waals surface area contributed by atoms with E-state index in [0.717, 1.165) is 6.42 Å². The fourth-order valence-corrected chi connectivity index (χ4v) is 1.08. The van der Waals surface area contributed by atoms with Crippen LogP contribution in [0, 0.1) is 0 Å². The maximum absolute atomic E-state index is 11.4. The van der Waals surface area contributed by atoms with E-state index in [4.69, 9.17) is 9.47 Å². The molecule has 0 aliphatic carbocycles. The highest BCUT2D eigenvalue weighted by Crippen LogP contribution is 2.08. The van der Waals surface area contributed by atoms with E-state index in [0.29, 0.717) is 12.8 Å². The summed E-state index contributed by atoms with van der Waals surface area (Å²) in [5.74, 6) is -0.576. The van der Waals surface area contributed by atoms with Gasteiger partial charge in [0.15, 0.2) is 0 Å². The first-order chi connectivity index (χ1) is 7.53. The number of hydrogen-bond acceptors (Lipinski definition) is 4. The molecule has 94 valence electrons. The summed E-state index contributed by atoms with van der Waals surface area (Å²) in [6.45, 7) is 7.40. The van der Waals surface area contributed by atoms with Crippen molar-refractivity contribution in [2.24, 2.45) is 0 Å². The second kappa shape index (κ2) is 8.13. The molecular weight excluding hydrogens is 208 g/mol. The van der Waals surface area contributed by atoms with Gasteiger partial charge in [0.2, 0.25) is 0 Å². The molecular formula is C12H22O4. The van der Waals surface area contributed by atoms with Crippen LogP contribution in [0.15, 0.2) is 0 Å². The van der Waals surface area contributed by atoms with Crippen LogP contribution < -0.4 is 0 Å². The Balaban J connectivity index is 4.01. The summed E-state index contributed by atoms with van der Waals surface area (Å²) in [4.78, 5) is 22.5. The average molecular weight is 230 g/mol. The molecule has 4 heteroatoms. The Morgan fingerprint density at radius 1 is 1.00 bits per heavy atom. The largest absolute Gasteiger partial charge is 0.463 e. The van der Waals surface area contributed by atoms with Gasteiger partial charge in [-0.25, -0.2) is 0 Å². The van der Waals surface area contributed by atoms with Gasteiger partial charge in [0, 0.05) is 6.42 Å². The Hall–Kier alpha value is -1.06. The van der Waals surface area contributed by atoms with E-state index in [1.165, 1.54) is 0 Å². The van der Waals surface area contributed by atoms with Gasteiger partial charge in [0.05, 0.1) is 12.5 Å². The molecule has 0 aliphatic rings. The summed E-state index contributed by atoms with van der Waals surface area (Å²) in [5.41, 5.74) is 0. The monoisotopic (exact) mass is 230 g/mol. The van der Waals surface area contributed by atoms with Crippen molar-refractivity contribution < 1.29 is 19.1 Å². The van der Waals surface area contributed by atoms with Gasteiger partial charge < -0.3 is 9.47 Å². The standard InChI is InChI=1S/C12H22O4/c1-5-9(4)15-12(14)8-10(6-2)16-11(13)7-3/h9-10H,5-8H2,1-4H3. The molecule has 0 aromatic heterocycles. The molecule has 0 heterocycles. The van der Waals surface area contributed by atoms with Gasteiger partial charge in [-0.3, -0.25) is 9.59 Å². The lowest BCUT2D eigenvalue weighted by molar-refractivity contribution is -0.157. The summed E-state index contributed by atoms with van der Waals surface area (Å²) < 4.78 is 10.2. The molecule has 0 radical (unpaired) electrons. The normalized spacial score (nSPS) is 14.0. The van der Waals surface area contributed by atoms with Gasteiger partial charge in [-0.1, -0.05) is 20.8 Å². The number of hydrogen-bond donors (Lipinski definition) is 0. The molecule has 0 saturated carbocycles.